The summed E-state index contributed by atoms with van der Waals surface area (Å²) in [6.07, 6.45) is -7.09. The highest BCUT2D eigenvalue weighted by Gasteiger charge is 2.40. The molecule has 3 N–H and O–H groups in total. The van der Waals surface area contributed by atoms with Gasteiger partial charge in [-0.25, -0.2) is 13.4 Å². The van der Waals surface area contributed by atoms with Crippen molar-refractivity contribution >= 4 is 27.3 Å². The number of hydrogen-bond acceptors (Lipinski definition) is 6. The Morgan fingerprint density at radius 2 is 1.82 bits per heavy atom. The number of halogens is 6. The van der Waals surface area contributed by atoms with Crippen LogP contribution in [0.5, 0.6) is 0 Å². The lowest BCUT2D eigenvalue weighted by Crippen LogP contribution is -2.43. The number of nitrogens with zero attached hydrogens (tertiary/aromatic N) is 1. The molecule has 0 aliphatic heterocycles. The zero-order chi connectivity index (χ0) is 28.7. The number of nitrogens with one attached hydrogen (secondary N) is 2. The number of aliphatic hydroxyl groups is 1. The predicted octanol–water partition coefficient (Wildman–Crippen LogP) is 4.90. The highest BCUT2D eigenvalue weighted by Crippen LogP contribution is 2.43. The molecule has 7 nitrogen and oxygen atoms in total. The number of carbonyl (C=O) groups is 1. The molecule has 212 valence electrons. The molecule has 1 amide bonds. The number of alkyl halides is 6. The van der Waals surface area contributed by atoms with Crippen LogP contribution in [0.2, 0.25) is 0 Å². The maximum absolute atomic E-state index is 14.1. The molecule has 1 fully saturated rings. The van der Waals surface area contributed by atoms with Gasteiger partial charge >= 0.3 is 12.4 Å². The van der Waals surface area contributed by atoms with Crippen molar-refractivity contribution in [2.45, 2.75) is 75.3 Å². The first-order chi connectivity index (χ1) is 17.3. The van der Waals surface area contributed by atoms with E-state index in [4.69, 9.17) is 0 Å². The van der Waals surface area contributed by atoms with Crippen molar-refractivity contribution in [2.24, 2.45) is 5.92 Å². The van der Waals surface area contributed by atoms with Crippen LogP contribution in [-0.2, 0) is 22.6 Å². The lowest BCUT2D eigenvalue weighted by molar-refractivity contribution is -0.147. The monoisotopic (exact) mass is 587 g/mol. The van der Waals surface area contributed by atoms with Gasteiger partial charge in [0, 0.05) is 12.1 Å². The summed E-state index contributed by atoms with van der Waals surface area (Å²) in [5.74, 6) is -0.540. The molecule has 0 spiro atoms. The van der Waals surface area contributed by atoms with Crippen molar-refractivity contribution in [1.29, 1.82) is 0 Å². The number of hydrogen-bond donors (Lipinski definition) is 3. The lowest BCUT2D eigenvalue weighted by Gasteiger charge is -2.25. The van der Waals surface area contributed by atoms with E-state index in [0.717, 1.165) is 31.4 Å². The van der Waals surface area contributed by atoms with Gasteiger partial charge in [0.05, 0.1) is 26.6 Å². The van der Waals surface area contributed by atoms with E-state index in [1.165, 1.54) is 18.6 Å². The highest BCUT2D eigenvalue weighted by molar-refractivity contribution is 7.89. The number of aromatic nitrogens is 1. The predicted molar refractivity (Wildman–Crippen MR) is 128 cm³/mol. The number of rotatable bonds is 9. The van der Waals surface area contributed by atoms with Crippen molar-refractivity contribution in [3.63, 3.8) is 0 Å². The number of carbonyl (C=O) groups excluding carboxylic acids is 1. The van der Waals surface area contributed by atoms with Crippen LogP contribution < -0.4 is 10.0 Å². The van der Waals surface area contributed by atoms with Crippen LogP contribution in [0.25, 0.3) is 10.4 Å². The third kappa shape index (κ3) is 7.45. The van der Waals surface area contributed by atoms with Gasteiger partial charge < -0.3 is 10.4 Å². The van der Waals surface area contributed by atoms with Gasteiger partial charge in [-0.15, -0.1) is 11.3 Å². The van der Waals surface area contributed by atoms with Gasteiger partial charge in [0.2, 0.25) is 10.0 Å². The molecular weight excluding hydrogens is 560 g/mol. The highest BCUT2D eigenvalue weighted by atomic mass is 32.2. The van der Waals surface area contributed by atoms with Crippen molar-refractivity contribution in [2.75, 3.05) is 6.54 Å². The van der Waals surface area contributed by atoms with E-state index in [0.29, 0.717) is 24.7 Å². The number of thiazole rings is 1. The number of sulfonamides is 1. The Morgan fingerprint density at radius 1 is 1.18 bits per heavy atom. The van der Waals surface area contributed by atoms with Gasteiger partial charge in [-0.1, -0.05) is 25.3 Å². The average Bonchev–Trinajstić information content (AvgIpc) is 3.16. The minimum absolute atomic E-state index is 0.0122. The zero-order valence-corrected chi connectivity index (χ0v) is 22.3. The minimum Gasteiger partial charge on any atom is -0.389 e. The second kappa shape index (κ2) is 10.7. The van der Waals surface area contributed by atoms with Gasteiger partial charge in [0.1, 0.15) is 6.04 Å². The summed E-state index contributed by atoms with van der Waals surface area (Å²) in [6.45, 7) is 3.31. The summed E-state index contributed by atoms with van der Waals surface area (Å²) in [6, 6.07) is -0.591. The maximum atomic E-state index is 14.1. The van der Waals surface area contributed by atoms with Crippen LogP contribution >= 0.6 is 11.3 Å². The molecule has 1 atom stereocenters. The summed E-state index contributed by atoms with van der Waals surface area (Å²) in [5, 5.41) is 12.2. The summed E-state index contributed by atoms with van der Waals surface area (Å²) >= 11 is 0.687. The Morgan fingerprint density at radius 3 is 2.32 bits per heavy atom. The summed E-state index contributed by atoms with van der Waals surface area (Å²) < 4.78 is 107. The van der Waals surface area contributed by atoms with E-state index < -0.39 is 55.9 Å². The lowest BCUT2D eigenvalue weighted by atomic mass is 9.81. The van der Waals surface area contributed by atoms with Crippen molar-refractivity contribution in [1.82, 2.24) is 15.0 Å². The Hall–Kier alpha value is -2.23. The van der Waals surface area contributed by atoms with Crippen LogP contribution in [0.4, 0.5) is 26.3 Å². The van der Waals surface area contributed by atoms with E-state index in [9.17, 15) is 44.7 Å². The summed E-state index contributed by atoms with van der Waals surface area (Å²) in [5.41, 5.74) is -2.83. The second-order valence-electron chi connectivity index (χ2n) is 9.88. The molecule has 1 heterocycles. The summed E-state index contributed by atoms with van der Waals surface area (Å²) in [4.78, 5) is 15.9. The van der Waals surface area contributed by atoms with Gasteiger partial charge in [-0.3, -0.25) is 4.79 Å². The molecule has 1 saturated carbocycles. The molecule has 15 heteroatoms. The second-order valence-corrected chi connectivity index (χ2v) is 12.6. The summed E-state index contributed by atoms with van der Waals surface area (Å²) in [7, 11) is -4.95. The van der Waals surface area contributed by atoms with Crippen LogP contribution in [0.15, 0.2) is 23.1 Å². The van der Waals surface area contributed by atoms with Gasteiger partial charge in [0.15, 0.2) is 5.01 Å². The molecule has 1 aromatic carbocycles. The fourth-order valence-electron chi connectivity index (χ4n) is 3.63. The maximum Gasteiger partial charge on any atom is 0.417 e. The van der Waals surface area contributed by atoms with E-state index in [-0.39, 0.29) is 34.1 Å². The normalized spacial score (nSPS) is 16.3. The fraction of sp³-hybridized carbons (Fsp3) is 0.565. The molecular formula is C23H27F6N3O4S2. The van der Waals surface area contributed by atoms with Crippen molar-refractivity contribution in [3.8, 4) is 10.4 Å². The van der Waals surface area contributed by atoms with Gasteiger partial charge in [-0.2, -0.15) is 31.1 Å². The molecule has 0 unspecified atom stereocenters. The van der Waals surface area contributed by atoms with E-state index in [2.05, 4.69) is 10.3 Å². The molecule has 38 heavy (non-hydrogen) atoms. The number of benzene rings is 1. The molecule has 1 aliphatic carbocycles. The quantitative estimate of drug-likeness (QED) is 0.362. The van der Waals surface area contributed by atoms with Crippen LogP contribution in [0.3, 0.4) is 0 Å². The van der Waals surface area contributed by atoms with E-state index >= 15 is 0 Å². The fourth-order valence-corrected chi connectivity index (χ4v) is 5.93. The molecule has 2 aromatic rings. The first-order valence-corrected chi connectivity index (χ1v) is 13.9. The Kier molecular flexibility index (Phi) is 8.57. The Balaban J connectivity index is 2.07. The molecule has 0 saturated heterocycles. The third-order valence-electron chi connectivity index (χ3n) is 5.95. The van der Waals surface area contributed by atoms with Crippen molar-refractivity contribution < 1.29 is 44.7 Å². The SMILES string of the molecule is C[C@H](NS(=O)(=O)c1ccc(-c2sc(C(=O)NCC(C)(C)O)nc2CC2CCC2)c(C(F)(F)F)c1)C(F)(F)F. The van der Waals surface area contributed by atoms with Crippen LogP contribution in [0.1, 0.15) is 61.1 Å². The number of amides is 1. The van der Waals surface area contributed by atoms with Gasteiger partial charge in [0.25, 0.3) is 5.91 Å². The first-order valence-electron chi connectivity index (χ1n) is 11.6. The topological polar surface area (TPSA) is 108 Å². The minimum atomic E-state index is -5.07. The van der Waals surface area contributed by atoms with E-state index in [1.54, 1.807) is 0 Å². The Bertz CT molecular complexity index is 1280. The zero-order valence-electron chi connectivity index (χ0n) is 20.6. The third-order valence-corrected chi connectivity index (χ3v) is 8.62. The molecule has 0 bridgehead atoms. The first kappa shape index (κ1) is 30.3. The molecule has 3 rings (SSSR count). The standard InChI is InChI=1S/C23H27F6N3O4S2/c1-12(22(24,25)26)32-38(35,36)14-7-8-15(16(10-14)23(27,28)29)18-17(9-13-5-4-6-13)31-20(37-18)19(33)30-11-21(2,3)34/h7-8,10,12-13,32,34H,4-6,9,11H2,1-3H3,(H,30,33)/t12-/m0/s1. The van der Waals surface area contributed by atoms with Crippen LogP contribution in [0, 0.1) is 5.92 Å². The Labute approximate surface area is 219 Å². The molecule has 1 aromatic heterocycles. The largest absolute Gasteiger partial charge is 0.417 e. The molecule has 1 aliphatic rings. The van der Waals surface area contributed by atoms with Crippen molar-refractivity contribution in [3.05, 3.63) is 34.5 Å². The average molecular weight is 588 g/mol. The molecule has 0 radical (unpaired) electrons. The van der Waals surface area contributed by atoms with Crippen LogP contribution in [-0.4, -0.2) is 48.8 Å². The smallest absolute Gasteiger partial charge is 0.389 e. The van der Waals surface area contributed by atoms with E-state index in [1.807, 2.05) is 0 Å². The van der Waals surface area contributed by atoms with Gasteiger partial charge in [-0.05, 0) is 45.2 Å².